The second kappa shape index (κ2) is 6.54. The highest BCUT2D eigenvalue weighted by Crippen LogP contribution is 2.20. The van der Waals surface area contributed by atoms with E-state index < -0.39 is 32.6 Å². The summed E-state index contributed by atoms with van der Waals surface area (Å²) in [6.45, 7) is -0.145. The van der Waals surface area contributed by atoms with E-state index >= 15 is 0 Å². The maximum Gasteiger partial charge on any atom is 0.243 e. The van der Waals surface area contributed by atoms with Crippen LogP contribution in [-0.4, -0.2) is 24.7 Å². The molecule has 0 spiro atoms. The normalized spacial score (nSPS) is 13.1. The van der Waals surface area contributed by atoms with Crippen LogP contribution in [0.15, 0.2) is 64.4 Å². The number of sulfonamides is 1. The minimum absolute atomic E-state index is 0.145. The topological polar surface area (TPSA) is 77.1 Å². The van der Waals surface area contributed by atoms with Gasteiger partial charge in [0.1, 0.15) is 28.3 Å². The van der Waals surface area contributed by atoms with Crippen molar-refractivity contribution in [2.75, 3.05) is 6.54 Å². The summed E-state index contributed by atoms with van der Waals surface area (Å²) < 4.78 is 60.6. The smallest absolute Gasteiger partial charge is 0.243 e. The number of nitrogens with zero attached hydrogens (tertiary/aromatic N) is 2. The quantitative estimate of drug-likeness (QED) is 0.738. The predicted octanol–water partition coefficient (Wildman–Crippen LogP) is 2.32. The molecule has 0 aliphatic rings. The molecule has 1 aromatic carbocycles. The number of hydrogen-bond donors (Lipinski definition) is 1. The van der Waals surface area contributed by atoms with Crippen molar-refractivity contribution in [3.63, 3.8) is 0 Å². The molecular weight excluding hydrogens is 340 g/mol. The van der Waals surface area contributed by atoms with Crippen LogP contribution in [0, 0.1) is 11.6 Å². The first-order chi connectivity index (χ1) is 11.5. The zero-order valence-electron chi connectivity index (χ0n) is 12.3. The van der Waals surface area contributed by atoms with Crippen LogP contribution in [0.5, 0.6) is 0 Å². The van der Waals surface area contributed by atoms with Gasteiger partial charge in [0.15, 0.2) is 0 Å². The van der Waals surface area contributed by atoms with Crippen molar-refractivity contribution in [3.8, 4) is 0 Å². The van der Waals surface area contributed by atoms with Gasteiger partial charge in [-0.25, -0.2) is 21.9 Å². The lowest BCUT2D eigenvalue weighted by Gasteiger charge is -2.16. The molecule has 1 unspecified atom stereocenters. The van der Waals surface area contributed by atoms with E-state index in [4.69, 9.17) is 4.42 Å². The van der Waals surface area contributed by atoms with Crippen molar-refractivity contribution >= 4 is 10.0 Å². The molecule has 0 radical (unpaired) electrons. The van der Waals surface area contributed by atoms with E-state index in [1.807, 2.05) is 0 Å². The van der Waals surface area contributed by atoms with Crippen LogP contribution in [0.25, 0.3) is 0 Å². The largest absolute Gasteiger partial charge is 0.467 e. The molecule has 0 aliphatic carbocycles. The lowest BCUT2D eigenvalue weighted by Crippen LogP contribution is -2.32. The molecule has 3 aromatic rings. The summed E-state index contributed by atoms with van der Waals surface area (Å²) >= 11 is 0. The number of aromatic nitrogens is 2. The predicted molar refractivity (Wildman–Crippen MR) is 80.6 cm³/mol. The molecule has 0 fully saturated rings. The lowest BCUT2D eigenvalue weighted by atomic mass is 10.2. The highest BCUT2D eigenvalue weighted by molar-refractivity contribution is 7.89. The Morgan fingerprint density at radius 1 is 1.25 bits per heavy atom. The summed E-state index contributed by atoms with van der Waals surface area (Å²) in [6, 6.07) is 6.69. The van der Waals surface area contributed by atoms with Gasteiger partial charge in [-0.15, -0.1) is 0 Å². The monoisotopic (exact) mass is 353 g/mol. The van der Waals surface area contributed by atoms with Crippen molar-refractivity contribution in [2.24, 2.45) is 0 Å². The Kier molecular flexibility index (Phi) is 4.45. The van der Waals surface area contributed by atoms with Crippen molar-refractivity contribution < 1.29 is 21.6 Å². The highest BCUT2D eigenvalue weighted by Gasteiger charge is 2.24. The van der Waals surface area contributed by atoms with Gasteiger partial charge < -0.3 is 4.42 Å². The Bertz CT molecular complexity index is 875. The fourth-order valence-corrected chi connectivity index (χ4v) is 3.35. The lowest BCUT2D eigenvalue weighted by molar-refractivity contribution is 0.402. The molecule has 2 aromatic heterocycles. The van der Waals surface area contributed by atoms with Crippen molar-refractivity contribution in [1.82, 2.24) is 14.5 Å². The van der Waals surface area contributed by atoms with Crippen LogP contribution in [0.3, 0.4) is 0 Å². The first-order valence-corrected chi connectivity index (χ1v) is 8.43. The average molecular weight is 353 g/mol. The maximum atomic E-state index is 13.7. The third-order valence-electron chi connectivity index (χ3n) is 3.37. The zero-order chi connectivity index (χ0) is 17.2. The van der Waals surface area contributed by atoms with Crippen molar-refractivity contribution in [2.45, 2.75) is 10.9 Å². The second-order valence-corrected chi connectivity index (χ2v) is 6.68. The highest BCUT2D eigenvalue weighted by atomic mass is 32.2. The van der Waals surface area contributed by atoms with Crippen LogP contribution in [0.4, 0.5) is 8.78 Å². The Morgan fingerprint density at radius 2 is 2.08 bits per heavy atom. The van der Waals surface area contributed by atoms with E-state index in [0.29, 0.717) is 11.8 Å². The molecule has 0 aliphatic heterocycles. The van der Waals surface area contributed by atoms with E-state index in [2.05, 4.69) is 9.82 Å². The summed E-state index contributed by atoms with van der Waals surface area (Å²) in [4.78, 5) is -0.749. The number of rotatable bonds is 6. The fourth-order valence-electron chi connectivity index (χ4n) is 2.22. The number of nitrogens with one attached hydrogen (secondary N) is 1. The van der Waals surface area contributed by atoms with E-state index in [9.17, 15) is 17.2 Å². The minimum atomic E-state index is -4.24. The molecule has 6 nitrogen and oxygen atoms in total. The SMILES string of the molecule is O=S(=O)(NCC(c1ccco1)n1cccn1)c1cc(F)ccc1F. The van der Waals surface area contributed by atoms with Crippen molar-refractivity contribution in [1.29, 1.82) is 0 Å². The van der Waals surface area contributed by atoms with Gasteiger partial charge in [0, 0.05) is 18.9 Å². The number of furan rings is 1. The minimum Gasteiger partial charge on any atom is -0.467 e. The maximum absolute atomic E-state index is 13.7. The summed E-state index contributed by atoms with van der Waals surface area (Å²) in [6.07, 6.45) is 4.63. The molecule has 0 saturated heterocycles. The standard InChI is InChI=1S/C15H13F2N3O3S/c16-11-4-5-12(17)15(9-11)24(21,22)19-10-13(14-3-1-8-23-14)20-7-2-6-18-20/h1-9,13,19H,10H2. The van der Waals surface area contributed by atoms with Gasteiger partial charge in [0.25, 0.3) is 0 Å². The van der Waals surface area contributed by atoms with Crippen molar-refractivity contribution in [3.05, 3.63) is 72.4 Å². The van der Waals surface area contributed by atoms with E-state index in [-0.39, 0.29) is 6.54 Å². The molecule has 9 heteroatoms. The summed E-state index contributed by atoms with van der Waals surface area (Å²) in [7, 11) is -4.24. The molecule has 24 heavy (non-hydrogen) atoms. The summed E-state index contributed by atoms with van der Waals surface area (Å²) in [5.41, 5.74) is 0. The Labute approximate surface area is 136 Å². The third kappa shape index (κ3) is 3.36. The van der Waals surface area contributed by atoms with E-state index in [1.165, 1.54) is 17.1 Å². The Morgan fingerprint density at radius 3 is 2.75 bits per heavy atom. The third-order valence-corrected chi connectivity index (χ3v) is 4.80. The molecule has 0 saturated carbocycles. The van der Waals surface area contributed by atoms with Crippen LogP contribution in [0.2, 0.25) is 0 Å². The second-order valence-electron chi connectivity index (χ2n) is 4.94. The summed E-state index contributed by atoms with van der Waals surface area (Å²) in [5.74, 6) is -1.40. The zero-order valence-corrected chi connectivity index (χ0v) is 13.1. The Balaban J connectivity index is 1.85. The number of halogens is 2. The average Bonchev–Trinajstić information content (AvgIpc) is 3.23. The van der Waals surface area contributed by atoms with Crippen LogP contribution >= 0.6 is 0 Å². The van der Waals surface area contributed by atoms with Crippen LogP contribution in [0.1, 0.15) is 11.8 Å². The number of benzene rings is 1. The fraction of sp³-hybridized carbons (Fsp3) is 0.133. The van der Waals surface area contributed by atoms with Gasteiger partial charge in [-0.05, 0) is 36.4 Å². The molecular formula is C15H13F2N3O3S. The molecule has 0 amide bonds. The van der Waals surface area contributed by atoms with Crippen LogP contribution < -0.4 is 4.72 Å². The van der Waals surface area contributed by atoms with Gasteiger partial charge in [-0.3, -0.25) is 4.68 Å². The van der Waals surface area contributed by atoms with Crippen LogP contribution in [-0.2, 0) is 10.0 Å². The Hall–Kier alpha value is -2.52. The van der Waals surface area contributed by atoms with E-state index in [1.54, 1.807) is 24.4 Å². The van der Waals surface area contributed by atoms with E-state index in [0.717, 1.165) is 12.1 Å². The van der Waals surface area contributed by atoms with Gasteiger partial charge in [-0.1, -0.05) is 0 Å². The molecule has 126 valence electrons. The first kappa shape index (κ1) is 16.3. The summed E-state index contributed by atoms with van der Waals surface area (Å²) in [5, 5.41) is 4.07. The molecule has 1 atom stereocenters. The van der Waals surface area contributed by atoms with Gasteiger partial charge in [0.2, 0.25) is 10.0 Å². The molecule has 0 bridgehead atoms. The molecule has 2 heterocycles. The van der Waals surface area contributed by atoms with Gasteiger partial charge in [-0.2, -0.15) is 5.10 Å². The molecule has 1 N–H and O–H groups in total. The molecule has 3 rings (SSSR count). The van der Waals surface area contributed by atoms with Gasteiger partial charge >= 0.3 is 0 Å². The van der Waals surface area contributed by atoms with Gasteiger partial charge in [0.05, 0.1) is 6.26 Å². The first-order valence-electron chi connectivity index (χ1n) is 6.94. The number of hydrogen-bond acceptors (Lipinski definition) is 4.